The number of rotatable bonds is 6. The molecule has 0 saturated heterocycles. The lowest BCUT2D eigenvalue weighted by Crippen LogP contribution is -2.54. The number of carbonyl (C=O) groups excluding carboxylic acids is 1. The number of hydrogen-bond donors (Lipinski definition) is 1. The zero-order valence-electron chi connectivity index (χ0n) is 11.6. The summed E-state index contributed by atoms with van der Waals surface area (Å²) in [4.78, 5) is 14.3. The van der Waals surface area contributed by atoms with E-state index in [0.29, 0.717) is 25.9 Å². The van der Waals surface area contributed by atoms with Gasteiger partial charge >= 0.3 is 0 Å². The number of amides is 1. The van der Waals surface area contributed by atoms with Crippen molar-refractivity contribution in [2.45, 2.75) is 45.7 Å². The Labute approximate surface area is 110 Å². The maximum absolute atomic E-state index is 12.5. The predicted molar refractivity (Wildman–Crippen MR) is 75.0 cm³/mol. The first kappa shape index (κ1) is 14.7. The Kier molecular flexibility index (Phi) is 5.35. The largest absolute Gasteiger partial charge is 0.337 e. The minimum atomic E-state index is -0.717. The Balaban J connectivity index is 2.81. The van der Waals surface area contributed by atoms with Crippen LogP contribution >= 0.6 is 0 Å². The molecule has 1 aromatic rings. The number of carbonyl (C=O) groups is 1. The van der Waals surface area contributed by atoms with Crippen LogP contribution in [-0.4, -0.2) is 22.9 Å². The zero-order chi connectivity index (χ0) is 13.6. The molecule has 0 heterocycles. The van der Waals surface area contributed by atoms with Crippen LogP contribution in [0, 0.1) is 0 Å². The molecule has 18 heavy (non-hydrogen) atoms. The number of nitrogens with two attached hydrogens (primary N) is 1. The molecule has 1 rings (SSSR count). The van der Waals surface area contributed by atoms with Gasteiger partial charge in [0.2, 0.25) is 5.91 Å². The third-order valence-corrected chi connectivity index (χ3v) is 3.57. The highest BCUT2D eigenvalue weighted by atomic mass is 16.2. The van der Waals surface area contributed by atoms with Crippen LogP contribution in [0.2, 0.25) is 0 Å². The summed E-state index contributed by atoms with van der Waals surface area (Å²) in [7, 11) is 0. The van der Waals surface area contributed by atoms with Crippen LogP contribution < -0.4 is 5.73 Å². The van der Waals surface area contributed by atoms with Gasteiger partial charge in [0.25, 0.3) is 0 Å². The van der Waals surface area contributed by atoms with Gasteiger partial charge in [-0.05, 0) is 25.3 Å². The number of likely N-dealkylation sites (N-methyl/N-ethyl adjacent to an activating group) is 1. The molecule has 0 aliphatic heterocycles. The monoisotopic (exact) mass is 248 g/mol. The molecule has 2 N–H and O–H groups in total. The lowest BCUT2D eigenvalue weighted by Gasteiger charge is -2.32. The fraction of sp³-hybridized carbons (Fsp3) is 0.533. The zero-order valence-corrected chi connectivity index (χ0v) is 11.6. The van der Waals surface area contributed by atoms with Crippen molar-refractivity contribution in [2.75, 3.05) is 6.54 Å². The van der Waals surface area contributed by atoms with E-state index in [1.54, 1.807) is 0 Å². The molecular weight excluding hydrogens is 224 g/mol. The van der Waals surface area contributed by atoms with Crippen molar-refractivity contribution in [3.05, 3.63) is 35.9 Å². The Morgan fingerprint density at radius 1 is 1.17 bits per heavy atom. The number of hydrogen-bond acceptors (Lipinski definition) is 2. The Morgan fingerprint density at radius 2 is 1.72 bits per heavy atom. The van der Waals surface area contributed by atoms with Crippen LogP contribution in [0.3, 0.4) is 0 Å². The molecule has 0 aliphatic rings. The van der Waals surface area contributed by atoms with E-state index in [-0.39, 0.29) is 5.91 Å². The van der Waals surface area contributed by atoms with Crippen LogP contribution in [0.25, 0.3) is 0 Å². The molecule has 1 aromatic carbocycles. The highest BCUT2D eigenvalue weighted by molar-refractivity contribution is 5.86. The van der Waals surface area contributed by atoms with Gasteiger partial charge in [-0.3, -0.25) is 4.79 Å². The summed E-state index contributed by atoms with van der Waals surface area (Å²) in [5.74, 6) is 0.0545. The van der Waals surface area contributed by atoms with E-state index in [2.05, 4.69) is 0 Å². The van der Waals surface area contributed by atoms with E-state index < -0.39 is 5.54 Å². The van der Waals surface area contributed by atoms with Crippen LogP contribution in [0.4, 0.5) is 0 Å². The lowest BCUT2D eigenvalue weighted by molar-refractivity contribution is -0.137. The highest BCUT2D eigenvalue weighted by Gasteiger charge is 2.33. The second-order valence-corrected chi connectivity index (χ2v) is 4.67. The lowest BCUT2D eigenvalue weighted by atomic mass is 9.92. The molecule has 0 aliphatic carbocycles. The van der Waals surface area contributed by atoms with Gasteiger partial charge in [-0.2, -0.15) is 0 Å². The van der Waals surface area contributed by atoms with Gasteiger partial charge in [-0.15, -0.1) is 0 Å². The van der Waals surface area contributed by atoms with E-state index in [0.717, 1.165) is 5.56 Å². The Hall–Kier alpha value is -1.35. The quantitative estimate of drug-likeness (QED) is 0.841. The summed E-state index contributed by atoms with van der Waals surface area (Å²) in [6.07, 6.45) is 1.35. The maximum atomic E-state index is 12.5. The van der Waals surface area contributed by atoms with Crippen molar-refractivity contribution in [3.63, 3.8) is 0 Å². The molecule has 0 bridgehead atoms. The first-order valence-corrected chi connectivity index (χ1v) is 6.69. The Morgan fingerprint density at radius 3 is 2.17 bits per heavy atom. The van der Waals surface area contributed by atoms with Crippen molar-refractivity contribution in [1.29, 1.82) is 0 Å². The van der Waals surface area contributed by atoms with Crippen molar-refractivity contribution < 1.29 is 4.79 Å². The van der Waals surface area contributed by atoms with E-state index >= 15 is 0 Å². The molecule has 0 aromatic heterocycles. The molecule has 100 valence electrons. The van der Waals surface area contributed by atoms with Crippen molar-refractivity contribution in [3.8, 4) is 0 Å². The smallest absolute Gasteiger partial charge is 0.242 e. The van der Waals surface area contributed by atoms with E-state index in [4.69, 9.17) is 5.73 Å². The first-order valence-electron chi connectivity index (χ1n) is 6.69. The van der Waals surface area contributed by atoms with Crippen molar-refractivity contribution in [1.82, 2.24) is 4.90 Å². The molecular formula is C15H24N2O. The summed E-state index contributed by atoms with van der Waals surface area (Å²) in [5, 5.41) is 0. The SMILES string of the molecule is CCN(Cc1ccccc1)C(=O)C(N)(CC)CC. The van der Waals surface area contributed by atoms with Gasteiger partial charge in [-0.1, -0.05) is 44.2 Å². The van der Waals surface area contributed by atoms with Crippen molar-refractivity contribution in [2.24, 2.45) is 5.73 Å². The molecule has 0 unspecified atom stereocenters. The normalized spacial score (nSPS) is 11.3. The average molecular weight is 248 g/mol. The number of nitrogens with zero attached hydrogens (tertiary/aromatic N) is 1. The molecule has 0 atom stereocenters. The van der Waals surface area contributed by atoms with Crippen LogP contribution in [0.5, 0.6) is 0 Å². The molecule has 3 nitrogen and oxygen atoms in total. The maximum Gasteiger partial charge on any atom is 0.242 e. The summed E-state index contributed by atoms with van der Waals surface area (Å²) in [6.45, 7) is 7.25. The Bertz CT molecular complexity index is 371. The first-order chi connectivity index (χ1) is 8.57. The fourth-order valence-corrected chi connectivity index (χ4v) is 2.00. The van der Waals surface area contributed by atoms with Crippen LogP contribution in [0.1, 0.15) is 39.2 Å². The van der Waals surface area contributed by atoms with Gasteiger partial charge < -0.3 is 10.6 Å². The molecule has 0 saturated carbocycles. The molecule has 0 radical (unpaired) electrons. The second kappa shape index (κ2) is 6.55. The summed E-state index contributed by atoms with van der Waals surface area (Å²) in [6, 6.07) is 10.0. The van der Waals surface area contributed by atoms with Crippen LogP contribution in [0.15, 0.2) is 30.3 Å². The third kappa shape index (κ3) is 3.33. The summed E-state index contributed by atoms with van der Waals surface area (Å²) >= 11 is 0. The molecule has 3 heteroatoms. The van der Waals surface area contributed by atoms with Gasteiger partial charge in [0.1, 0.15) is 0 Å². The van der Waals surface area contributed by atoms with Gasteiger partial charge in [0.05, 0.1) is 5.54 Å². The van der Waals surface area contributed by atoms with Gasteiger partial charge in [0, 0.05) is 13.1 Å². The minimum Gasteiger partial charge on any atom is -0.337 e. The topological polar surface area (TPSA) is 46.3 Å². The fourth-order valence-electron chi connectivity index (χ4n) is 2.00. The second-order valence-electron chi connectivity index (χ2n) is 4.67. The molecule has 1 amide bonds. The van der Waals surface area contributed by atoms with E-state index in [1.165, 1.54) is 0 Å². The minimum absolute atomic E-state index is 0.0545. The predicted octanol–water partition coefficient (Wildman–Crippen LogP) is 2.55. The third-order valence-electron chi connectivity index (χ3n) is 3.57. The standard InChI is InChI=1S/C15H24N2O/c1-4-15(16,5-2)14(18)17(6-3)12-13-10-8-7-9-11-13/h7-11H,4-6,12,16H2,1-3H3. The van der Waals surface area contributed by atoms with E-state index in [1.807, 2.05) is 56.0 Å². The highest BCUT2D eigenvalue weighted by Crippen LogP contribution is 2.17. The van der Waals surface area contributed by atoms with Gasteiger partial charge in [0.15, 0.2) is 0 Å². The van der Waals surface area contributed by atoms with Gasteiger partial charge in [-0.25, -0.2) is 0 Å². The van der Waals surface area contributed by atoms with E-state index in [9.17, 15) is 4.79 Å². The molecule has 0 spiro atoms. The number of benzene rings is 1. The summed E-state index contributed by atoms with van der Waals surface area (Å²) < 4.78 is 0. The van der Waals surface area contributed by atoms with Crippen molar-refractivity contribution >= 4 is 5.91 Å². The summed E-state index contributed by atoms with van der Waals surface area (Å²) in [5.41, 5.74) is 6.60. The molecule has 0 fully saturated rings. The average Bonchev–Trinajstić information content (AvgIpc) is 2.44. The van der Waals surface area contributed by atoms with Crippen LogP contribution in [-0.2, 0) is 11.3 Å².